The minimum Gasteiger partial charge on any atom is -0.503 e. The molecular weight excluding hydrogens is 356 g/mol. The van der Waals surface area contributed by atoms with Crippen LogP contribution in [-0.2, 0) is 0 Å². The first-order chi connectivity index (χ1) is 11.1. The van der Waals surface area contributed by atoms with Gasteiger partial charge in [0.15, 0.2) is 17.3 Å². The quantitative estimate of drug-likeness (QED) is 0.542. The number of phenols is 1. The Bertz CT molecular complexity index is 916. The van der Waals surface area contributed by atoms with Crippen LogP contribution in [0.25, 0.3) is 10.7 Å². The van der Waals surface area contributed by atoms with E-state index in [1.54, 1.807) is 18.3 Å². The number of hydrogen-bond donors (Lipinski definition) is 2. The van der Waals surface area contributed by atoms with Crippen molar-refractivity contribution in [1.29, 1.82) is 0 Å². The van der Waals surface area contributed by atoms with E-state index in [9.17, 15) is 5.11 Å². The lowest BCUT2D eigenvalue weighted by atomic mass is 10.2. The number of hydrogen-bond acceptors (Lipinski definition) is 6. The maximum atomic E-state index is 9.75. The normalized spacial score (nSPS) is 11.2. The van der Waals surface area contributed by atoms with Crippen LogP contribution in [0.3, 0.4) is 0 Å². The van der Waals surface area contributed by atoms with Gasteiger partial charge in [-0.2, -0.15) is 14.9 Å². The molecule has 0 aliphatic carbocycles. The third-order valence-corrected chi connectivity index (χ3v) is 4.40. The van der Waals surface area contributed by atoms with Crippen LogP contribution in [0.2, 0.25) is 5.02 Å². The highest BCUT2D eigenvalue weighted by Gasteiger charge is 2.10. The molecule has 0 bridgehead atoms. The molecule has 0 saturated heterocycles. The smallest absolute Gasteiger partial charge is 0.216 e. The maximum Gasteiger partial charge on any atom is 0.216 e. The topological polar surface area (TPSA) is 75.4 Å². The highest BCUT2D eigenvalue weighted by atomic mass is 35.5. The van der Waals surface area contributed by atoms with Crippen molar-refractivity contribution >= 4 is 41.4 Å². The van der Waals surface area contributed by atoms with Crippen molar-refractivity contribution in [3.05, 3.63) is 45.0 Å². The summed E-state index contributed by atoms with van der Waals surface area (Å²) in [4.78, 5) is 0.941. The number of thiophene rings is 1. The van der Waals surface area contributed by atoms with Crippen LogP contribution in [0.5, 0.6) is 11.5 Å². The summed E-state index contributed by atoms with van der Waals surface area (Å²) in [6.07, 6.45) is 1.57. The number of phenolic OH excluding ortho intramolecular Hbond substituents is 1. The van der Waals surface area contributed by atoms with Crippen LogP contribution in [0.1, 0.15) is 5.56 Å². The Hall–Kier alpha value is -2.16. The number of benzene rings is 1. The van der Waals surface area contributed by atoms with Gasteiger partial charge in [0.25, 0.3) is 0 Å². The molecule has 0 fully saturated rings. The van der Waals surface area contributed by atoms with Crippen molar-refractivity contribution in [2.24, 2.45) is 5.10 Å². The Balaban J connectivity index is 2.00. The van der Waals surface area contributed by atoms with Crippen molar-refractivity contribution < 1.29 is 9.84 Å². The molecule has 0 atom stereocenters. The lowest BCUT2D eigenvalue weighted by Gasteiger charge is -2.06. The number of nitrogens with one attached hydrogen (secondary N) is 1. The number of aromatic amines is 1. The third-order valence-electron chi connectivity index (χ3n) is 2.98. The molecule has 2 N–H and O–H groups in total. The zero-order chi connectivity index (χ0) is 16.4. The van der Waals surface area contributed by atoms with Gasteiger partial charge in [-0.05, 0) is 41.4 Å². The predicted octanol–water partition coefficient (Wildman–Crippen LogP) is 3.92. The Kier molecular flexibility index (Phi) is 4.46. The fourth-order valence-electron chi connectivity index (χ4n) is 1.91. The number of nitrogens with zero attached hydrogens (tertiary/aromatic N) is 3. The summed E-state index contributed by atoms with van der Waals surface area (Å²) in [6, 6.07) is 7.06. The van der Waals surface area contributed by atoms with Crippen molar-refractivity contribution in [2.75, 3.05) is 7.11 Å². The second-order valence-electron chi connectivity index (χ2n) is 4.44. The van der Waals surface area contributed by atoms with Gasteiger partial charge in [0, 0.05) is 0 Å². The lowest BCUT2D eigenvalue weighted by Crippen LogP contribution is -1.94. The van der Waals surface area contributed by atoms with E-state index in [1.165, 1.54) is 23.1 Å². The molecule has 0 saturated carbocycles. The molecule has 0 amide bonds. The first kappa shape index (κ1) is 15.7. The fraction of sp³-hybridized carbons (Fsp3) is 0.0714. The Morgan fingerprint density at radius 1 is 1.52 bits per heavy atom. The molecule has 0 spiro atoms. The number of H-pyrrole nitrogens is 1. The molecule has 2 heterocycles. The van der Waals surface area contributed by atoms with Crippen LogP contribution < -0.4 is 4.74 Å². The first-order valence-electron chi connectivity index (χ1n) is 6.42. The number of rotatable bonds is 4. The van der Waals surface area contributed by atoms with Gasteiger partial charge in [-0.1, -0.05) is 17.7 Å². The monoisotopic (exact) mass is 366 g/mol. The van der Waals surface area contributed by atoms with Crippen LogP contribution in [0.4, 0.5) is 0 Å². The van der Waals surface area contributed by atoms with E-state index in [2.05, 4.69) is 15.3 Å². The zero-order valence-corrected chi connectivity index (χ0v) is 14.2. The average Bonchev–Trinajstić information content (AvgIpc) is 3.18. The molecule has 3 rings (SSSR count). The van der Waals surface area contributed by atoms with Crippen molar-refractivity contribution in [3.8, 4) is 22.2 Å². The molecule has 0 aliphatic heterocycles. The van der Waals surface area contributed by atoms with Crippen molar-refractivity contribution in [3.63, 3.8) is 0 Å². The number of aromatic nitrogens is 3. The van der Waals surface area contributed by atoms with Gasteiger partial charge in [-0.3, -0.25) is 0 Å². The minimum atomic E-state index is -0.106. The molecule has 9 heteroatoms. The number of halogens is 1. The minimum absolute atomic E-state index is 0.106. The lowest BCUT2D eigenvalue weighted by molar-refractivity contribution is 0.373. The molecule has 23 heavy (non-hydrogen) atoms. The Morgan fingerprint density at radius 3 is 3.04 bits per heavy atom. The van der Waals surface area contributed by atoms with Crippen LogP contribution >= 0.6 is 35.2 Å². The largest absolute Gasteiger partial charge is 0.503 e. The molecular formula is C14H11ClN4O2S2. The number of ether oxygens (including phenoxy) is 1. The van der Waals surface area contributed by atoms with Gasteiger partial charge >= 0.3 is 0 Å². The van der Waals surface area contributed by atoms with Crippen LogP contribution in [0, 0.1) is 4.77 Å². The molecule has 0 aliphatic rings. The van der Waals surface area contributed by atoms with Gasteiger partial charge in [0.2, 0.25) is 4.77 Å². The van der Waals surface area contributed by atoms with Gasteiger partial charge in [-0.15, -0.1) is 11.3 Å². The fourth-order valence-corrected chi connectivity index (χ4v) is 3.01. The van der Waals surface area contributed by atoms with Gasteiger partial charge in [0.05, 0.1) is 23.2 Å². The standard InChI is InChI=1S/C14H11ClN4O2S2/c1-21-10-6-8(5-9(15)12(10)20)7-16-19-13(17-18-14(19)22)11-3-2-4-23-11/h2-7,20H,1H3,(H,18,22)/b16-7-. The van der Waals surface area contributed by atoms with Crippen molar-refractivity contribution in [2.45, 2.75) is 0 Å². The maximum absolute atomic E-state index is 9.75. The summed E-state index contributed by atoms with van der Waals surface area (Å²) in [6.45, 7) is 0. The van der Waals surface area contributed by atoms with Crippen molar-refractivity contribution in [1.82, 2.24) is 14.9 Å². The summed E-state index contributed by atoms with van der Waals surface area (Å²) < 4.78 is 6.97. The van der Waals surface area contributed by atoms with E-state index in [-0.39, 0.29) is 16.5 Å². The van der Waals surface area contributed by atoms with Crippen LogP contribution in [-0.4, -0.2) is 33.3 Å². The van der Waals surface area contributed by atoms with E-state index in [4.69, 9.17) is 28.6 Å². The molecule has 6 nitrogen and oxygen atoms in total. The van der Waals surface area contributed by atoms with E-state index < -0.39 is 0 Å². The number of methoxy groups -OCH3 is 1. The van der Waals surface area contributed by atoms with E-state index in [0.717, 1.165) is 4.88 Å². The van der Waals surface area contributed by atoms with E-state index in [0.29, 0.717) is 16.2 Å². The van der Waals surface area contributed by atoms with E-state index in [1.807, 2.05) is 17.5 Å². The average molecular weight is 367 g/mol. The number of aromatic hydroxyl groups is 1. The summed E-state index contributed by atoms with van der Waals surface area (Å²) in [5.41, 5.74) is 0.657. The summed E-state index contributed by atoms with van der Waals surface area (Å²) in [5.74, 6) is 0.789. The summed E-state index contributed by atoms with van der Waals surface area (Å²) in [5, 5.41) is 23.1. The summed E-state index contributed by atoms with van der Waals surface area (Å²) >= 11 is 12.7. The van der Waals surface area contributed by atoms with Crippen LogP contribution in [0.15, 0.2) is 34.7 Å². The second-order valence-corrected chi connectivity index (χ2v) is 6.18. The highest BCUT2D eigenvalue weighted by Crippen LogP contribution is 2.34. The molecule has 0 unspecified atom stereocenters. The second kappa shape index (κ2) is 6.53. The van der Waals surface area contributed by atoms with Gasteiger partial charge in [0.1, 0.15) is 0 Å². The first-order valence-corrected chi connectivity index (χ1v) is 8.09. The molecule has 2 aromatic heterocycles. The molecule has 0 radical (unpaired) electrons. The SMILES string of the molecule is COc1cc(/C=N\n2c(-c3cccs3)n[nH]c2=S)cc(Cl)c1O. The molecule has 3 aromatic rings. The molecule has 118 valence electrons. The van der Waals surface area contributed by atoms with E-state index >= 15 is 0 Å². The third kappa shape index (κ3) is 3.14. The van der Waals surface area contributed by atoms with Gasteiger partial charge < -0.3 is 9.84 Å². The zero-order valence-electron chi connectivity index (χ0n) is 11.9. The Labute approximate surface area is 145 Å². The Morgan fingerprint density at radius 2 is 2.35 bits per heavy atom. The predicted molar refractivity (Wildman–Crippen MR) is 93.4 cm³/mol. The van der Waals surface area contributed by atoms with Gasteiger partial charge in [-0.25, -0.2) is 5.10 Å². The highest BCUT2D eigenvalue weighted by molar-refractivity contribution is 7.71. The summed E-state index contributed by atoms with van der Waals surface area (Å²) in [7, 11) is 1.45. The molecule has 1 aromatic carbocycles.